The van der Waals surface area contributed by atoms with Gasteiger partial charge in [0.1, 0.15) is 5.75 Å². The molecule has 0 atom stereocenters. The maximum Gasteiger partial charge on any atom is 0.277 e. The Balaban J connectivity index is 1.92. The zero-order chi connectivity index (χ0) is 18.4. The second kappa shape index (κ2) is 7.97. The average Bonchev–Trinajstić information content (AvgIpc) is 2.58. The molecule has 0 radical (unpaired) electrons. The molecule has 0 spiro atoms. The van der Waals surface area contributed by atoms with Crippen LogP contribution in [0.25, 0.3) is 0 Å². The number of para-hydroxylation sites is 1. The number of nitrogens with zero attached hydrogens (tertiary/aromatic N) is 1. The molecule has 2 aromatic rings. The fraction of sp³-hybridized carbons (Fsp3) is 0.333. The quantitative estimate of drug-likeness (QED) is 0.656. The molecule has 1 amide bonds. The summed E-state index contributed by atoms with van der Waals surface area (Å²) in [5, 5.41) is 4.16. The monoisotopic (exact) mass is 338 g/mol. The number of rotatable bonds is 5. The standard InChI is InChI=1S/C21H26N2O2/c1-15-8-6-7-9-19(15)25-14-20(24)23-22-16(2)17-10-12-18(13-11-17)21(3,4)5/h6-13H,14H2,1-5H3,(H,23,24). The van der Waals surface area contributed by atoms with Gasteiger partial charge in [0.25, 0.3) is 5.91 Å². The summed E-state index contributed by atoms with van der Waals surface area (Å²) in [5.41, 5.74) is 6.65. The van der Waals surface area contributed by atoms with E-state index in [0.29, 0.717) is 5.75 Å². The van der Waals surface area contributed by atoms with Crippen molar-refractivity contribution in [2.45, 2.75) is 40.0 Å². The Bertz CT molecular complexity index is 756. The summed E-state index contributed by atoms with van der Waals surface area (Å²) in [4.78, 5) is 11.9. The zero-order valence-corrected chi connectivity index (χ0v) is 15.6. The molecular weight excluding hydrogens is 312 g/mol. The van der Waals surface area contributed by atoms with Crippen molar-refractivity contribution in [1.82, 2.24) is 5.43 Å². The van der Waals surface area contributed by atoms with Gasteiger partial charge in [-0.05, 0) is 42.0 Å². The molecule has 0 aromatic heterocycles. The molecule has 0 aliphatic carbocycles. The number of nitrogens with one attached hydrogen (secondary N) is 1. The first-order chi connectivity index (χ1) is 11.8. The molecule has 2 rings (SSSR count). The number of hydrogen-bond acceptors (Lipinski definition) is 3. The Hall–Kier alpha value is -2.62. The predicted molar refractivity (Wildman–Crippen MR) is 102 cm³/mol. The SMILES string of the molecule is CC(=NNC(=O)COc1ccccc1C)c1ccc(C(C)(C)C)cc1. The van der Waals surface area contributed by atoms with Gasteiger partial charge in [0, 0.05) is 0 Å². The highest BCUT2D eigenvalue weighted by molar-refractivity contribution is 5.99. The van der Waals surface area contributed by atoms with Crippen molar-refractivity contribution in [3.63, 3.8) is 0 Å². The number of ether oxygens (including phenoxy) is 1. The van der Waals surface area contributed by atoms with E-state index in [-0.39, 0.29) is 17.9 Å². The van der Waals surface area contributed by atoms with Gasteiger partial charge in [-0.25, -0.2) is 5.43 Å². The molecule has 0 bridgehead atoms. The van der Waals surface area contributed by atoms with Crippen LogP contribution in [0.5, 0.6) is 5.75 Å². The molecule has 0 fully saturated rings. The van der Waals surface area contributed by atoms with Gasteiger partial charge < -0.3 is 4.74 Å². The van der Waals surface area contributed by atoms with E-state index in [4.69, 9.17) is 4.74 Å². The Morgan fingerprint density at radius 2 is 1.72 bits per heavy atom. The van der Waals surface area contributed by atoms with E-state index in [1.54, 1.807) is 0 Å². The van der Waals surface area contributed by atoms with Crippen molar-refractivity contribution in [2.75, 3.05) is 6.61 Å². The summed E-state index contributed by atoms with van der Waals surface area (Å²) in [7, 11) is 0. The Morgan fingerprint density at radius 1 is 1.08 bits per heavy atom. The molecule has 25 heavy (non-hydrogen) atoms. The summed E-state index contributed by atoms with van der Waals surface area (Å²) in [6.45, 7) is 10.3. The van der Waals surface area contributed by atoms with Crippen molar-refractivity contribution < 1.29 is 9.53 Å². The molecule has 0 aliphatic heterocycles. The molecule has 2 aromatic carbocycles. The van der Waals surface area contributed by atoms with Crippen LogP contribution in [0.3, 0.4) is 0 Å². The molecule has 0 heterocycles. The lowest BCUT2D eigenvalue weighted by atomic mass is 9.86. The largest absolute Gasteiger partial charge is 0.483 e. The molecule has 1 N–H and O–H groups in total. The molecule has 0 saturated carbocycles. The Labute approximate surface area is 149 Å². The van der Waals surface area contributed by atoms with Gasteiger partial charge in [0.05, 0.1) is 5.71 Å². The van der Waals surface area contributed by atoms with Crippen LogP contribution in [0, 0.1) is 6.92 Å². The average molecular weight is 338 g/mol. The number of hydrazone groups is 1. The minimum absolute atomic E-state index is 0.0649. The van der Waals surface area contributed by atoms with Gasteiger partial charge in [-0.2, -0.15) is 5.10 Å². The van der Waals surface area contributed by atoms with Crippen LogP contribution >= 0.6 is 0 Å². The van der Waals surface area contributed by atoms with Crippen LogP contribution in [0.1, 0.15) is 44.4 Å². The second-order valence-corrected chi connectivity index (χ2v) is 7.11. The van der Waals surface area contributed by atoms with Crippen LogP contribution in [0.2, 0.25) is 0 Å². The highest BCUT2D eigenvalue weighted by Crippen LogP contribution is 2.22. The first-order valence-corrected chi connectivity index (χ1v) is 8.40. The molecule has 4 nitrogen and oxygen atoms in total. The summed E-state index contributed by atoms with van der Waals surface area (Å²) < 4.78 is 5.51. The van der Waals surface area contributed by atoms with Crippen LogP contribution in [-0.2, 0) is 10.2 Å². The number of amides is 1. The normalized spacial score (nSPS) is 12.0. The molecule has 0 saturated heterocycles. The van der Waals surface area contributed by atoms with E-state index in [2.05, 4.69) is 43.4 Å². The lowest BCUT2D eigenvalue weighted by Crippen LogP contribution is -2.25. The second-order valence-electron chi connectivity index (χ2n) is 7.11. The van der Waals surface area contributed by atoms with Crippen molar-refractivity contribution in [1.29, 1.82) is 0 Å². The molecule has 4 heteroatoms. The smallest absolute Gasteiger partial charge is 0.277 e. The maximum absolute atomic E-state index is 11.9. The van der Waals surface area contributed by atoms with Crippen molar-refractivity contribution in [2.24, 2.45) is 5.10 Å². The summed E-state index contributed by atoms with van der Waals surface area (Å²) >= 11 is 0. The van der Waals surface area contributed by atoms with Gasteiger partial charge >= 0.3 is 0 Å². The van der Waals surface area contributed by atoms with E-state index < -0.39 is 0 Å². The third-order valence-corrected chi connectivity index (χ3v) is 3.97. The van der Waals surface area contributed by atoms with Gasteiger partial charge in [0.2, 0.25) is 0 Å². The lowest BCUT2D eigenvalue weighted by molar-refractivity contribution is -0.123. The molecular formula is C21H26N2O2. The zero-order valence-electron chi connectivity index (χ0n) is 15.6. The summed E-state index contributed by atoms with van der Waals surface area (Å²) in [5.74, 6) is 0.421. The van der Waals surface area contributed by atoms with Gasteiger partial charge in [-0.15, -0.1) is 0 Å². The molecule has 132 valence electrons. The topological polar surface area (TPSA) is 50.7 Å². The summed E-state index contributed by atoms with van der Waals surface area (Å²) in [6.07, 6.45) is 0. The maximum atomic E-state index is 11.9. The van der Waals surface area contributed by atoms with Crippen LogP contribution in [0.15, 0.2) is 53.6 Å². The fourth-order valence-electron chi connectivity index (χ4n) is 2.32. The third kappa shape index (κ3) is 5.45. The van der Waals surface area contributed by atoms with Crippen LogP contribution in [0.4, 0.5) is 0 Å². The summed E-state index contributed by atoms with van der Waals surface area (Å²) in [6, 6.07) is 15.8. The Morgan fingerprint density at radius 3 is 2.32 bits per heavy atom. The lowest BCUT2D eigenvalue weighted by Gasteiger charge is -2.19. The van der Waals surface area contributed by atoms with Gasteiger partial charge in [-0.3, -0.25) is 4.79 Å². The minimum Gasteiger partial charge on any atom is -0.483 e. The molecule has 0 unspecified atom stereocenters. The van der Waals surface area contributed by atoms with Gasteiger partial charge in [-0.1, -0.05) is 63.2 Å². The predicted octanol–water partition coefficient (Wildman–Crippen LogP) is 4.21. The number of benzene rings is 2. The number of carbonyl (C=O) groups is 1. The van der Waals surface area contributed by atoms with E-state index in [1.807, 2.05) is 50.2 Å². The Kier molecular flexibility index (Phi) is 5.97. The van der Waals surface area contributed by atoms with Crippen molar-refractivity contribution >= 4 is 11.6 Å². The van der Waals surface area contributed by atoms with E-state index in [0.717, 1.165) is 16.8 Å². The highest BCUT2D eigenvalue weighted by Gasteiger charge is 2.13. The first kappa shape index (κ1) is 18.7. The minimum atomic E-state index is -0.283. The van der Waals surface area contributed by atoms with Crippen LogP contribution in [-0.4, -0.2) is 18.2 Å². The fourth-order valence-corrected chi connectivity index (χ4v) is 2.32. The highest BCUT2D eigenvalue weighted by atomic mass is 16.5. The van der Waals surface area contributed by atoms with E-state index in [9.17, 15) is 4.79 Å². The van der Waals surface area contributed by atoms with Gasteiger partial charge in [0.15, 0.2) is 6.61 Å². The van der Waals surface area contributed by atoms with Crippen molar-refractivity contribution in [3.8, 4) is 5.75 Å². The number of hydrogen-bond donors (Lipinski definition) is 1. The number of aryl methyl sites for hydroxylation is 1. The van der Waals surface area contributed by atoms with Crippen LogP contribution < -0.4 is 10.2 Å². The molecule has 0 aliphatic rings. The van der Waals surface area contributed by atoms with E-state index >= 15 is 0 Å². The number of carbonyl (C=O) groups excluding carboxylic acids is 1. The van der Waals surface area contributed by atoms with Crippen molar-refractivity contribution in [3.05, 3.63) is 65.2 Å². The third-order valence-electron chi connectivity index (χ3n) is 3.97. The van der Waals surface area contributed by atoms with E-state index in [1.165, 1.54) is 5.56 Å². The first-order valence-electron chi connectivity index (χ1n) is 8.40.